The second-order valence-electron chi connectivity index (χ2n) is 5.43. The lowest BCUT2D eigenvalue weighted by atomic mass is 10.2. The van der Waals surface area contributed by atoms with Crippen molar-refractivity contribution in [2.45, 2.75) is 17.5 Å². The third-order valence-electron chi connectivity index (χ3n) is 3.69. The molecule has 1 heterocycles. The largest absolute Gasteiger partial charge is 0.507 e. The Morgan fingerprint density at radius 3 is 2.58 bits per heavy atom. The molecule has 0 radical (unpaired) electrons. The molecule has 0 unspecified atom stereocenters. The molecule has 8 heteroatoms. The minimum Gasteiger partial charge on any atom is -0.507 e. The summed E-state index contributed by atoms with van der Waals surface area (Å²) in [5.41, 5.74) is 1.61. The first-order valence-electron chi connectivity index (χ1n) is 7.78. The van der Waals surface area contributed by atoms with E-state index in [0.717, 1.165) is 5.56 Å². The van der Waals surface area contributed by atoms with Gasteiger partial charge in [-0.25, -0.2) is 0 Å². The van der Waals surface area contributed by atoms with Crippen molar-refractivity contribution >= 4 is 17.4 Å². The normalized spacial score (nSPS) is 10.6. The highest BCUT2D eigenvalue weighted by molar-refractivity contribution is 7.98. The number of allylic oxidation sites excluding steroid dienone is 1. The van der Waals surface area contributed by atoms with E-state index in [0.29, 0.717) is 28.8 Å². The number of para-hydroxylation sites is 1. The standard InChI is InChI=1S/C18H16N4O3S/c1-2-11-21-17(15-5-3-4-6-16(15)23)19-20-18(21)26-12-13-7-9-14(10-8-13)22(24)25/h2-10,23H,1,11-12H2. The maximum Gasteiger partial charge on any atom is 0.269 e. The molecule has 0 aliphatic heterocycles. The maximum atomic E-state index is 10.7. The van der Waals surface area contributed by atoms with Crippen LogP contribution >= 0.6 is 11.8 Å². The van der Waals surface area contributed by atoms with Crippen molar-refractivity contribution in [3.8, 4) is 17.1 Å². The molecule has 3 rings (SSSR count). The van der Waals surface area contributed by atoms with Gasteiger partial charge in [0.05, 0.1) is 10.5 Å². The predicted octanol–water partition coefficient (Wildman–Crippen LogP) is 4.04. The average molecular weight is 368 g/mol. The molecule has 0 atom stereocenters. The van der Waals surface area contributed by atoms with Gasteiger partial charge < -0.3 is 5.11 Å². The zero-order valence-corrected chi connectivity index (χ0v) is 14.6. The van der Waals surface area contributed by atoms with Crippen molar-refractivity contribution in [3.63, 3.8) is 0 Å². The van der Waals surface area contributed by atoms with Crippen LogP contribution in [0.1, 0.15) is 5.56 Å². The van der Waals surface area contributed by atoms with E-state index >= 15 is 0 Å². The number of nitro groups is 1. The van der Waals surface area contributed by atoms with Crippen molar-refractivity contribution in [2.75, 3.05) is 0 Å². The number of non-ortho nitro benzene ring substituents is 1. The zero-order chi connectivity index (χ0) is 18.5. The first-order chi connectivity index (χ1) is 12.6. The Balaban J connectivity index is 1.83. The second kappa shape index (κ2) is 7.83. The van der Waals surface area contributed by atoms with Crippen molar-refractivity contribution < 1.29 is 10.0 Å². The monoisotopic (exact) mass is 368 g/mol. The van der Waals surface area contributed by atoms with Gasteiger partial charge in [-0.1, -0.05) is 42.1 Å². The molecule has 0 spiro atoms. The fraction of sp³-hybridized carbons (Fsp3) is 0.111. The molecular weight excluding hydrogens is 352 g/mol. The fourth-order valence-corrected chi connectivity index (χ4v) is 3.32. The van der Waals surface area contributed by atoms with Crippen LogP contribution < -0.4 is 0 Å². The number of hydrogen-bond acceptors (Lipinski definition) is 6. The highest BCUT2D eigenvalue weighted by atomic mass is 32.2. The first kappa shape index (κ1) is 17.7. The van der Waals surface area contributed by atoms with Crippen LogP contribution in [-0.4, -0.2) is 24.8 Å². The molecule has 3 aromatic rings. The summed E-state index contributed by atoms with van der Waals surface area (Å²) in [7, 11) is 0. The van der Waals surface area contributed by atoms with Gasteiger partial charge in [-0.3, -0.25) is 14.7 Å². The Hall–Kier alpha value is -3.13. The van der Waals surface area contributed by atoms with Crippen LogP contribution in [0.5, 0.6) is 5.75 Å². The van der Waals surface area contributed by atoms with E-state index in [2.05, 4.69) is 16.8 Å². The number of phenols is 1. The summed E-state index contributed by atoms with van der Waals surface area (Å²) in [5, 5.41) is 29.9. The maximum absolute atomic E-state index is 10.7. The number of rotatable bonds is 7. The Morgan fingerprint density at radius 2 is 1.92 bits per heavy atom. The second-order valence-corrected chi connectivity index (χ2v) is 6.38. The smallest absolute Gasteiger partial charge is 0.269 e. The number of thioether (sulfide) groups is 1. The minimum atomic E-state index is -0.420. The quantitative estimate of drug-likeness (QED) is 0.293. The van der Waals surface area contributed by atoms with Gasteiger partial charge in [-0.15, -0.1) is 16.8 Å². The van der Waals surface area contributed by atoms with E-state index in [1.54, 1.807) is 36.4 Å². The highest BCUT2D eigenvalue weighted by Crippen LogP contribution is 2.31. The van der Waals surface area contributed by atoms with Crippen LogP contribution in [0.2, 0.25) is 0 Å². The van der Waals surface area contributed by atoms with Gasteiger partial charge in [0.15, 0.2) is 11.0 Å². The first-order valence-corrected chi connectivity index (χ1v) is 8.77. The van der Waals surface area contributed by atoms with Crippen LogP contribution in [0.3, 0.4) is 0 Å². The van der Waals surface area contributed by atoms with Crippen molar-refractivity contribution in [1.29, 1.82) is 0 Å². The SMILES string of the molecule is C=CCn1c(SCc2ccc([N+](=O)[O-])cc2)nnc1-c1ccccc1O. The molecule has 1 aromatic heterocycles. The van der Waals surface area contributed by atoms with Gasteiger partial charge in [0.25, 0.3) is 5.69 Å². The van der Waals surface area contributed by atoms with E-state index in [1.807, 2.05) is 10.6 Å². The molecule has 7 nitrogen and oxygen atoms in total. The number of aromatic nitrogens is 3. The number of benzene rings is 2. The van der Waals surface area contributed by atoms with Crippen LogP contribution in [0.15, 0.2) is 66.3 Å². The minimum absolute atomic E-state index is 0.0652. The summed E-state index contributed by atoms with van der Waals surface area (Å²) in [6, 6.07) is 13.4. The third kappa shape index (κ3) is 3.75. The lowest BCUT2D eigenvalue weighted by Gasteiger charge is -2.08. The van der Waals surface area contributed by atoms with Crippen LogP contribution in [0, 0.1) is 10.1 Å². The van der Waals surface area contributed by atoms with E-state index < -0.39 is 4.92 Å². The molecule has 0 saturated heterocycles. The van der Waals surface area contributed by atoms with Gasteiger partial charge in [0.1, 0.15) is 5.75 Å². The number of aromatic hydroxyl groups is 1. The molecule has 26 heavy (non-hydrogen) atoms. The zero-order valence-electron chi connectivity index (χ0n) is 13.8. The van der Waals surface area contributed by atoms with Gasteiger partial charge in [0.2, 0.25) is 0 Å². The van der Waals surface area contributed by atoms with Crippen LogP contribution in [0.4, 0.5) is 5.69 Å². The number of nitro benzene ring substituents is 1. The summed E-state index contributed by atoms with van der Waals surface area (Å²) < 4.78 is 1.87. The van der Waals surface area contributed by atoms with Gasteiger partial charge >= 0.3 is 0 Å². The van der Waals surface area contributed by atoms with Gasteiger partial charge in [-0.05, 0) is 17.7 Å². The molecule has 2 aromatic carbocycles. The van der Waals surface area contributed by atoms with Crippen molar-refractivity contribution in [1.82, 2.24) is 14.8 Å². The number of nitrogens with zero attached hydrogens (tertiary/aromatic N) is 4. The highest BCUT2D eigenvalue weighted by Gasteiger charge is 2.16. The molecule has 0 amide bonds. The van der Waals surface area contributed by atoms with E-state index in [9.17, 15) is 15.2 Å². The summed E-state index contributed by atoms with van der Waals surface area (Å²) in [5.74, 6) is 1.29. The van der Waals surface area contributed by atoms with E-state index in [4.69, 9.17) is 0 Å². The number of hydrogen-bond donors (Lipinski definition) is 1. The summed E-state index contributed by atoms with van der Waals surface area (Å²) in [4.78, 5) is 10.3. The summed E-state index contributed by atoms with van der Waals surface area (Å²) in [6.45, 7) is 4.27. The van der Waals surface area contributed by atoms with Gasteiger partial charge in [0, 0.05) is 24.4 Å². The summed E-state index contributed by atoms with van der Waals surface area (Å²) in [6.07, 6.45) is 1.74. The fourth-order valence-electron chi connectivity index (χ4n) is 2.41. The molecular formula is C18H16N4O3S. The molecule has 0 aliphatic rings. The predicted molar refractivity (Wildman–Crippen MR) is 100.0 cm³/mol. The van der Waals surface area contributed by atoms with Crippen molar-refractivity contribution in [2.24, 2.45) is 0 Å². The third-order valence-corrected chi connectivity index (χ3v) is 4.73. The van der Waals surface area contributed by atoms with Crippen LogP contribution in [-0.2, 0) is 12.3 Å². The van der Waals surface area contributed by atoms with E-state index in [1.165, 1.54) is 23.9 Å². The molecule has 0 aliphatic carbocycles. The Labute approximate surface area is 154 Å². The summed E-state index contributed by atoms with van der Waals surface area (Å²) >= 11 is 1.47. The van der Waals surface area contributed by atoms with E-state index in [-0.39, 0.29) is 11.4 Å². The molecule has 0 fully saturated rings. The molecule has 0 bridgehead atoms. The average Bonchev–Trinajstić information content (AvgIpc) is 3.03. The lowest BCUT2D eigenvalue weighted by molar-refractivity contribution is -0.384. The van der Waals surface area contributed by atoms with Gasteiger partial charge in [-0.2, -0.15) is 0 Å². The lowest BCUT2D eigenvalue weighted by Crippen LogP contribution is -2.01. The Morgan fingerprint density at radius 1 is 1.19 bits per heavy atom. The Bertz CT molecular complexity index is 938. The molecule has 1 N–H and O–H groups in total. The molecule has 132 valence electrons. The molecule has 0 saturated carbocycles. The topological polar surface area (TPSA) is 94.1 Å². The Kier molecular flexibility index (Phi) is 5.33. The van der Waals surface area contributed by atoms with Crippen LogP contribution in [0.25, 0.3) is 11.4 Å². The number of phenolic OH excluding ortho intramolecular Hbond substituents is 1. The van der Waals surface area contributed by atoms with Crippen molar-refractivity contribution in [3.05, 3.63) is 76.9 Å².